The van der Waals surface area contributed by atoms with Crippen molar-refractivity contribution in [3.8, 4) is 0 Å². The summed E-state index contributed by atoms with van der Waals surface area (Å²) in [5, 5.41) is 12.7. The van der Waals surface area contributed by atoms with E-state index in [4.69, 9.17) is 0 Å². The van der Waals surface area contributed by atoms with Crippen molar-refractivity contribution in [2.24, 2.45) is 11.8 Å². The predicted molar refractivity (Wildman–Crippen MR) is 67.0 cm³/mol. The third kappa shape index (κ3) is 3.96. The summed E-state index contributed by atoms with van der Waals surface area (Å²) < 4.78 is 0. The summed E-state index contributed by atoms with van der Waals surface area (Å²) in [4.78, 5) is 13.5. The van der Waals surface area contributed by atoms with Crippen LogP contribution in [0.2, 0.25) is 0 Å². The number of nitrogens with one attached hydrogen (secondary N) is 1. The standard InChI is InChI=1S/C13H24N2O2/c1-2-5-14-12-6-11(13(16)17)8-15(9-12)7-10-3-4-10/h10-12,14H,2-9H2,1H3,(H,16,17). The van der Waals surface area contributed by atoms with Gasteiger partial charge in [0, 0.05) is 25.7 Å². The molecule has 0 aromatic heterocycles. The number of nitrogens with zero attached hydrogens (tertiary/aromatic N) is 1. The zero-order valence-corrected chi connectivity index (χ0v) is 10.7. The molecule has 1 aliphatic heterocycles. The Hall–Kier alpha value is -0.610. The summed E-state index contributed by atoms with van der Waals surface area (Å²) >= 11 is 0. The summed E-state index contributed by atoms with van der Waals surface area (Å²) in [6, 6.07) is 0.364. The van der Waals surface area contributed by atoms with Crippen LogP contribution >= 0.6 is 0 Å². The molecule has 0 bridgehead atoms. The molecule has 2 N–H and O–H groups in total. The molecule has 1 aliphatic carbocycles. The third-order valence-electron chi connectivity index (χ3n) is 3.77. The van der Waals surface area contributed by atoms with Gasteiger partial charge in [0.25, 0.3) is 0 Å². The van der Waals surface area contributed by atoms with Gasteiger partial charge in [-0.25, -0.2) is 0 Å². The first-order chi connectivity index (χ1) is 8.19. The number of hydrogen-bond acceptors (Lipinski definition) is 3. The van der Waals surface area contributed by atoms with E-state index in [0.29, 0.717) is 6.04 Å². The fourth-order valence-electron chi connectivity index (χ4n) is 2.68. The third-order valence-corrected chi connectivity index (χ3v) is 3.77. The fraction of sp³-hybridized carbons (Fsp3) is 0.923. The van der Waals surface area contributed by atoms with E-state index in [-0.39, 0.29) is 5.92 Å². The topological polar surface area (TPSA) is 52.6 Å². The van der Waals surface area contributed by atoms with E-state index < -0.39 is 5.97 Å². The molecule has 2 atom stereocenters. The lowest BCUT2D eigenvalue weighted by molar-refractivity contribution is -0.144. The predicted octanol–water partition coefficient (Wildman–Crippen LogP) is 1.17. The second-order valence-electron chi connectivity index (χ2n) is 5.58. The van der Waals surface area contributed by atoms with Gasteiger partial charge >= 0.3 is 5.97 Å². The highest BCUT2D eigenvalue weighted by Crippen LogP contribution is 2.31. The lowest BCUT2D eigenvalue weighted by atomic mass is 9.94. The molecular formula is C13H24N2O2. The van der Waals surface area contributed by atoms with Crippen molar-refractivity contribution >= 4 is 5.97 Å². The van der Waals surface area contributed by atoms with Crippen molar-refractivity contribution in [2.75, 3.05) is 26.2 Å². The Balaban J connectivity index is 1.86. The van der Waals surface area contributed by atoms with Crippen LogP contribution in [0, 0.1) is 11.8 Å². The minimum Gasteiger partial charge on any atom is -0.481 e. The van der Waals surface area contributed by atoms with Gasteiger partial charge in [-0.05, 0) is 38.1 Å². The minimum atomic E-state index is -0.631. The lowest BCUT2D eigenvalue weighted by Gasteiger charge is -2.36. The number of hydrogen-bond donors (Lipinski definition) is 2. The van der Waals surface area contributed by atoms with Gasteiger partial charge in [-0.15, -0.1) is 0 Å². The molecule has 2 unspecified atom stereocenters. The van der Waals surface area contributed by atoms with Crippen molar-refractivity contribution in [1.29, 1.82) is 0 Å². The Labute approximate surface area is 103 Å². The Kier molecular flexibility index (Phi) is 4.40. The monoisotopic (exact) mass is 240 g/mol. The van der Waals surface area contributed by atoms with Crippen molar-refractivity contribution in [2.45, 2.75) is 38.6 Å². The van der Waals surface area contributed by atoms with Crippen LogP contribution in [0.1, 0.15) is 32.6 Å². The van der Waals surface area contributed by atoms with Crippen LogP contribution in [0.4, 0.5) is 0 Å². The van der Waals surface area contributed by atoms with Crippen molar-refractivity contribution in [3.63, 3.8) is 0 Å². The van der Waals surface area contributed by atoms with E-state index in [9.17, 15) is 9.90 Å². The number of aliphatic carboxylic acids is 1. The summed E-state index contributed by atoms with van der Waals surface area (Å²) in [6.45, 7) is 6.02. The highest BCUT2D eigenvalue weighted by Gasteiger charge is 2.33. The SMILES string of the molecule is CCCNC1CC(C(=O)O)CN(CC2CC2)C1. The Morgan fingerprint density at radius 3 is 2.76 bits per heavy atom. The number of carboxylic acid groups (broad SMARTS) is 1. The van der Waals surface area contributed by atoms with E-state index in [1.165, 1.54) is 12.8 Å². The summed E-state index contributed by atoms with van der Waals surface area (Å²) in [5.41, 5.74) is 0. The molecule has 1 heterocycles. The second-order valence-corrected chi connectivity index (χ2v) is 5.58. The first kappa shape index (κ1) is 12.8. The molecule has 0 radical (unpaired) electrons. The molecule has 4 nitrogen and oxygen atoms in total. The molecule has 0 spiro atoms. The molecule has 4 heteroatoms. The quantitative estimate of drug-likeness (QED) is 0.732. The Morgan fingerprint density at radius 1 is 1.41 bits per heavy atom. The molecule has 2 aliphatic rings. The zero-order valence-electron chi connectivity index (χ0n) is 10.7. The molecular weight excluding hydrogens is 216 g/mol. The smallest absolute Gasteiger partial charge is 0.307 e. The van der Waals surface area contributed by atoms with E-state index in [1.807, 2.05) is 0 Å². The maximum atomic E-state index is 11.2. The van der Waals surface area contributed by atoms with Crippen molar-refractivity contribution < 1.29 is 9.90 Å². The largest absolute Gasteiger partial charge is 0.481 e. The zero-order chi connectivity index (χ0) is 12.3. The van der Waals surface area contributed by atoms with Gasteiger partial charge in [0.2, 0.25) is 0 Å². The van der Waals surface area contributed by atoms with Gasteiger partial charge in [-0.2, -0.15) is 0 Å². The fourth-order valence-corrected chi connectivity index (χ4v) is 2.68. The van der Waals surface area contributed by atoms with E-state index in [0.717, 1.165) is 44.9 Å². The van der Waals surface area contributed by atoms with Crippen LogP contribution in [0.25, 0.3) is 0 Å². The maximum absolute atomic E-state index is 11.2. The number of likely N-dealkylation sites (tertiary alicyclic amines) is 1. The van der Waals surface area contributed by atoms with Gasteiger partial charge in [-0.1, -0.05) is 6.92 Å². The maximum Gasteiger partial charge on any atom is 0.307 e. The molecule has 0 aromatic carbocycles. The summed E-state index contributed by atoms with van der Waals surface area (Å²) in [6.07, 6.45) is 4.57. The highest BCUT2D eigenvalue weighted by molar-refractivity contribution is 5.70. The Bertz CT molecular complexity index is 266. The average molecular weight is 240 g/mol. The van der Waals surface area contributed by atoms with Crippen LogP contribution in [0.15, 0.2) is 0 Å². The van der Waals surface area contributed by atoms with Gasteiger partial charge < -0.3 is 15.3 Å². The minimum absolute atomic E-state index is 0.183. The molecule has 2 fully saturated rings. The Morgan fingerprint density at radius 2 is 2.18 bits per heavy atom. The molecule has 1 saturated heterocycles. The van der Waals surface area contributed by atoms with Crippen LogP contribution in [0.3, 0.4) is 0 Å². The van der Waals surface area contributed by atoms with Crippen molar-refractivity contribution in [3.05, 3.63) is 0 Å². The first-order valence-electron chi connectivity index (χ1n) is 6.87. The van der Waals surface area contributed by atoms with Gasteiger partial charge in [0.05, 0.1) is 5.92 Å². The highest BCUT2D eigenvalue weighted by atomic mass is 16.4. The number of piperidine rings is 1. The second kappa shape index (κ2) is 5.83. The van der Waals surface area contributed by atoms with Gasteiger partial charge in [0.15, 0.2) is 0 Å². The first-order valence-corrected chi connectivity index (χ1v) is 6.87. The number of rotatable bonds is 6. The normalized spacial score (nSPS) is 30.4. The summed E-state index contributed by atoms with van der Waals surface area (Å²) in [5.74, 6) is 0.0278. The van der Waals surface area contributed by atoms with Gasteiger partial charge in [0.1, 0.15) is 0 Å². The van der Waals surface area contributed by atoms with Gasteiger partial charge in [-0.3, -0.25) is 4.79 Å². The van der Waals surface area contributed by atoms with Crippen LogP contribution in [0.5, 0.6) is 0 Å². The molecule has 98 valence electrons. The molecule has 2 rings (SSSR count). The molecule has 17 heavy (non-hydrogen) atoms. The molecule has 1 saturated carbocycles. The molecule has 0 aromatic rings. The van der Waals surface area contributed by atoms with Crippen LogP contribution < -0.4 is 5.32 Å². The lowest BCUT2D eigenvalue weighted by Crippen LogP contribution is -2.51. The average Bonchev–Trinajstić information content (AvgIpc) is 3.10. The van der Waals surface area contributed by atoms with Crippen LogP contribution in [-0.2, 0) is 4.79 Å². The van der Waals surface area contributed by atoms with E-state index >= 15 is 0 Å². The van der Waals surface area contributed by atoms with Crippen LogP contribution in [-0.4, -0.2) is 48.2 Å². The van der Waals surface area contributed by atoms with E-state index in [1.54, 1.807) is 0 Å². The number of carbonyl (C=O) groups is 1. The van der Waals surface area contributed by atoms with E-state index in [2.05, 4.69) is 17.1 Å². The summed E-state index contributed by atoms with van der Waals surface area (Å²) in [7, 11) is 0. The number of carboxylic acids is 1. The van der Waals surface area contributed by atoms with Crippen molar-refractivity contribution in [1.82, 2.24) is 10.2 Å². The molecule has 0 amide bonds.